The van der Waals surface area contributed by atoms with Crippen LogP contribution in [0.4, 0.5) is 8.78 Å². The Kier molecular flexibility index (Phi) is 4.21. The molecule has 0 amide bonds. The highest BCUT2D eigenvalue weighted by molar-refractivity contribution is 5.19. The van der Waals surface area contributed by atoms with E-state index in [4.69, 9.17) is 0 Å². The van der Waals surface area contributed by atoms with E-state index in [9.17, 15) is 13.9 Å². The standard InChI is InChI=1S/C12H16F2O/c1-8(2)5-11(15)7-9-6-10(13)3-4-12(9)14/h3-4,6,8,11,15H,5,7H2,1-2H3. The van der Waals surface area contributed by atoms with E-state index >= 15 is 0 Å². The monoisotopic (exact) mass is 214 g/mol. The summed E-state index contributed by atoms with van der Waals surface area (Å²) in [5.41, 5.74) is 0.239. The Morgan fingerprint density at radius 2 is 1.93 bits per heavy atom. The molecule has 1 N–H and O–H groups in total. The van der Waals surface area contributed by atoms with E-state index in [2.05, 4.69) is 0 Å². The smallest absolute Gasteiger partial charge is 0.126 e. The molecule has 1 rings (SSSR count). The fourth-order valence-corrected chi connectivity index (χ4v) is 1.58. The van der Waals surface area contributed by atoms with E-state index in [0.29, 0.717) is 12.3 Å². The minimum atomic E-state index is -0.610. The number of benzene rings is 1. The second kappa shape index (κ2) is 5.21. The van der Waals surface area contributed by atoms with E-state index < -0.39 is 17.7 Å². The van der Waals surface area contributed by atoms with Gasteiger partial charge in [-0.2, -0.15) is 0 Å². The number of aliphatic hydroxyl groups excluding tert-OH is 1. The summed E-state index contributed by atoms with van der Waals surface area (Å²) >= 11 is 0. The summed E-state index contributed by atoms with van der Waals surface area (Å²) in [4.78, 5) is 0. The zero-order valence-electron chi connectivity index (χ0n) is 9.00. The van der Waals surface area contributed by atoms with Crippen molar-refractivity contribution in [1.29, 1.82) is 0 Å². The van der Waals surface area contributed by atoms with Crippen LogP contribution in [0.3, 0.4) is 0 Å². The summed E-state index contributed by atoms with van der Waals surface area (Å²) in [5, 5.41) is 9.60. The van der Waals surface area contributed by atoms with E-state index in [-0.39, 0.29) is 12.0 Å². The Bertz CT molecular complexity index is 323. The topological polar surface area (TPSA) is 20.2 Å². The first kappa shape index (κ1) is 12.1. The molecule has 1 atom stereocenters. The molecule has 0 aliphatic carbocycles. The van der Waals surface area contributed by atoms with Crippen LogP contribution < -0.4 is 0 Å². The molecule has 0 spiro atoms. The molecule has 0 heterocycles. The van der Waals surface area contributed by atoms with Gasteiger partial charge in [0.05, 0.1) is 6.10 Å². The average molecular weight is 214 g/mol. The molecule has 15 heavy (non-hydrogen) atoms. The molecule has 3 heteroatoms. The maximum Gasteiger partial charge on any atom is 0.126 e. The third-order valence-corrected chi connectivity index (χ3v) is 2.21. The lowest BCUT2D eigenvalue weighted by Crippen LogP contribution is -2.14. The molecule has 0 saturated heterocycles. The first-order valence-electron chi connectivity index (χ1n) is 5.11. The maximum absolute atomic E-state index is 13.2. The Morgan fingerprint density at radius 3 is 2.53 bits per heavy atom. The van der Waals surface area contributed by atoms with Gasteiger partial charge in [0.15, 0.2) is 0 Å². The number of halogens is 2. The van der Waals surface area contributed by atoms with Gasteiger partial charge in [-0.3, -0.25) is 0 Å². The Hall–Kier alpha value is -0.960. The van der Waals surface area contributed by atoms with Gasteiger partial charge < -0.3 is 5.11 Å². The van der Waals surface area contributed by atoms with Crippen LogP contribution >= 0.6 is 0 Å². The van der Waals surface area contributed by atoms with Gasteiger partial charge in [-0.25, -0.2) is 8.78 Å². The van der Waals surface area contributed by atoms with Gasteiger partial charge in [0.2, 0.25) is 0 Å². The second-order valence-electron chi connectivity index (χ2n) is 4.22. The fraction of sp³-hybridized carbons (Fsp3) is 0.500. The molecule has 0 aliphatic heterocycles. The van der Waals surface area contributed by atoms with Crippen molar-refractivity contribution in [1.82, 2.24) is 0 Å². The first-order valence-corrected chi connectivity index (χ1v) is 5.11. The van der Waals surface area contributed by atoms with Crippen LogP contribution in [0.1, 0.15) is 25.8 Å². The van der Waals surface area contributed by atoms with E-state index in [1.165, 1.54) is 0 Å². The van der Waals surface area contributed by atoms with Gasteiger partial charge in [-0.05, 0) is 36.1 Å². The van der Waals surface area contributed by atoms with E-state index in [1.807, 2.05) is 13.8 Å². The molecule has 1 aromatic rings. The molecule has 1 unspecified atom stereocenters. The number of hydrogen-bond donors (Lipinski definition) is 1. The quantitative estimate of drug-likeness (QED) is 0.817. The van der Waals surface area contributed by atoms with Gasteiger partial charge in [-0.1, -0.05) is 13.8 Å². The van der Waals surface area contributed by atoms with Crippen molar-refractivity contribution in [2.24, 2.45) is 5.92 Å². The minimum Gasteiger partial charge on any atom is -0.393 e. The molecule has 0 bridgehead atoms. The normalized spacial score (nSPS) is 13.2. The lowest BCUT2D eigenvalue weighted by molar-refractivity contribution is 0.148. The summed E-state index contributed by atoms with van der Waals surface area (Å²) in [6.07, 6.45) is 0.152. The number of rotatable bonds is 4. The molecule has 0 fully saturated rings. The van der Waals surface area contributed by atoms with Crippen LogP contribution in [-0.2, 0) is 6.42 Å². The molecular weight excluding hydrogens is 198 g/mol. The zero-order valence-corrected chi connectivity index (χ0v) is 9.00. The highest BCUT2D eigenvalue weighted by Crippen LogP contribution is 2.15. The Morgan fingerprint density at radius 1 is 1.27 bits per heavy atom. The van der Waals surface area contributed by atoms with Crippen molar-refractivity contribution in [3.8, 4) is 0 Å². The summed E-state index contributed by atoms with van der Waals surface area (Å²) in [6, 6.07) is 3.30. The third kappa shape index (κ3) is 3.96. The molecular formula is C12H16F2O. The summed E-state index contributed by atoms with van der Waals surface area (Å²) in [7, 11) is 0. The zero-order chi connectivity index (χ0) is 11.4. The van der Waals surface area contributed by atoms with Crippen molar-refractivity contribution >= 4 is 0 Å². The SMILES string of the molecule is CC(C)CC(O)Cc1cc(F)ccc1F. The lowest BCUT2D eigenvalue weighted by Gasteiger charge is -2.13. The highest BCUT2D eigenvalue weighted by atomic mass is 19.1. The van der Waals surface area contributed by atoms with Crippen LogP contribution in [0.2, 0.25) is 0 Å². The molecule has 0 saturated carbocycles. The molecule has 1 nitrogen and oxygen atoms in total. The van der Waals surface area contributed by atoms with Gasteiger partial charge in [0.25, 0.3) is 0 Å². The number of aliphatic hydroxyl groups is 1. The fourth-order valence-electron chi connectivity index (χ4n) is 1.58. The predicted octanol–water partition coefficient (Wildman–Crippen LogP) is 2.91. The highest BCUT2D eigenvalue weighted by Gasteiger charge is 2.11. The summed E-state index contributed by atoms with van der Waals surface area (Å²) < 4.78 is 26.0. The predicted molar refractivity (Wildman–Crippen MR) is 55.5 cm³/mol. The average Bonchev–Trinajstić information content (AvgIpc) is 2.10. The second-order valence-corrected chi connectivity index (χ2v) is 4.22. The molecule has 1 aromatic carbocycles. The van der Waals surface area contributed by atoms with Crippen molar-refractivity contribution in [3.63, 3.8) is 0 Å². The van der Waals surface area contributed by atoms with Crippen LogP contribution in [0, 0.1) is 17.6 Å². The Labute approximate surface area is 88.7 Å². The van der Waals surface area contributed by atoms with Gasteiger partial charge >= 0.3 is 0 Å². The van der Waals surface area contributed by atoms with E-state index in [0.717, 1.165) is 18.2 Å². The van der Waals surface area contributed by atoms with Gasteiger partial charge in [-0.15, -0.1) is 0 Å². The van der Waals surface area contributed by atoms with Crippen LogP contribution in [-0.4, -0.2) is 11.2 Å². The minimum absolute atomic E-state index is 0.168. The van der Waals surface area contributed by atoms with Crippen molar-refractivity contribution < 1.29 is 13.9 Å². The molecule has 0 radical (unpaired) electrons. The van der Waals surface area contributed by atoms with E-state index in [1.54, 1.807) is 0 Å². The maximum atomic E-state index is 13.2. The van der Waals surface area contributed by atoms with Crippen LogP contribution in [0.25, 0.3) is 0 Å². The van der Waals surface area contributed by atoms with Gasteiger partial charge in [0, 0.05) is 6.42 Å². The summed E-state index contributed by atoms with van der Waals surface area (Å²) in [6.45, 7) is 3.95. The summed E-state index contributed by atoms with van der Waals surface area (Å²) in [5.74, 6) is -0.584. The largest absolute Gasteiger partial charge is 0.393 e. The Balaban J connectivity index is 2.67. The van der Waals surface area contributed by atoms with Crippen molar-refractivity contribution in [3.05, 3.63) is 35.4 Å². The van der Waals surface area contributed by atoms with Gasteiger partial charge in [0.1, 0.15) is 11.6 Å². The molecule has 0 aromatic heterocycles. The molecule has 84 valence electrons. The molecule has 0 aliphatic rings. The van der Waals surface area contributed by atoms with Crippen molar-refractivity contribution in [2.45, 2.75) is 32.8 Å². The van der Waals surface area contributed by atoms with Crippen LogP contribution in [0.5, 0.6) is 0 Å². The third-order valence-electron chi connectivity index (χ3n) is 2.21. The first-order chi connectivity index (χ1) is 6.99. The number of hydrogen-bond acceptors (Lipinski definition) is 1. The van der Waals surface area contributed by atoms with Crippen molar-refractivity contribution in [2.75, 3.05) is 0 Å². The van der Waals surface area contributed by atoms with Crippen LogP contribution in [0.15, 0.2) is 18.2 Å². The lowest BCUT2D eigenvalue weighted by atomic mass is 9.99.